The highest BCUT2D eigenvalue weighted by molar-refractivity contribution is 6.31. The first-order valence-electron chi connectivity index (χ1n) is 12.5. The van der Waals surface area contributed by atoms with Crippen molar-refractivity contribution >= 4 is 17.3 Å². The van der Waals surface area contributed by atoms with E-state index in [0.29, 0.717) is 18.6 Å². The second kappa shape index (κ2) is 12.4. The van der Waals surface area contributed by atoms with Crippen LogP contribution in [0.15, 0.2) is 18.2 Å². The van der Waals surface area contributed by atoms with Crippen LogP contribution in [0.5, 0.6) is 17.2 Å². The number of phenols is 2. The minimum atomic E-state index is -0.609. The molecule has 0 aromatic heterocycles. The van der Waals surface area contributed by atoms with Gasteiger partial charge in [-0.1, -0.05) is 12.1 Å². The van der Waals surface area contributed by atoms with Crippen LogP contribution in [0.2, 0.25) is 0 Å². The van der Waals surface area contributed by atoms with Crippen LogP contribution in [-0.2, 0) is 22.4 Å². The van der Waals surface area contributed by atoms with Crippen LogP contribution in [0.3, 0.4) is 0 Å². The first-order chi connectivity index (χ1) is 18.6. The van der Waals surface area contributed by atoms with Crippen molar-refractivity contribution in [3.8, 4) is 30.1 Å². The molecule has 1 fully saturated rings. The molecule has 2 aromatic carbocycles. The van der Waals surface area contributed by atoms with Crippen LogP contribution in [0.25, 0.3) is 0 Å². The molecule has 39 heavy (non-hydrogen) atoms. The van der Waals surface area contributed by atoms with Gasteiger partial charge in [0.2, 0.25) is 5.78 Å². The Bertz CT molecular complexity index is 1290. The van der Waals surface area contributed by atoms with Crippen molar-refractivity contribution in [2.75, 3.05) is 20.3 Å². The molecule has 6 N–H and O–H groups in total. The molecule has 1 saturated heterocycles. The average molecular weight is 540 g/mol. The molecular formula is C29H33NO9. The van der Waals surface area contributed by atoms with Gasteiger partial charge < -0.3 is 35.6 Å². The summed E-state index contributed by atoms with van der Waals surface area (Å²) in [6, 6.07) is 4.50. The molecule has 5 rings (SSSR count). The number of aliphatic hydroxyl groups excluding tert-OH is 2. The normalized spacial score (nSPS) is 23.1. The summed E-state index contributed by atoms with van der Waals surface area (Å²) in [4.78, 5) is 38.1. The van der Waals surface area contributed by atoms with E-state index in [9.17, 15) is 29.7 Å². The van der Waals surface area contributed by atoms with E-state index in [1.54, 1.807) is 12.1 Å². The lowest BCUT2D eigenvalue weighted by atomic mass is 9.75. The van der Waals surface area contributed by atoms with Gasteiger partial charge in [-0.3, -0.25) is 14.4 Å². The SMILES string of the molecule is C#C.CC1OCCC(N)[C@H]1O.COc1cccc2c1C(=O)c1c(O)c3c(c(O)c1C2=O)CC(C(=O)CO)CC3. The summed E-state index contributed by atoms with van der Waals surface area (Å²) in [6.07, 6.45) is 8.92. The summed E-state index contributed by atoms with van der Waals surface area (Å²) in [7, 11) is 1.38. The van der Waals surface area contributed by atoms with Gasteiger partial charge in [-0.2, -0.15) is 0 Å². The molecule has 0 bridgehead atoms. The Morgan fingerprint density at radius 1 is 1.08 bits per heavy atom. The van der Waals surface area contributed by atoms with Gasteiger partial charge in [-0.25, -0.2) is 0 Å². The van der Waals surface area contributed by atoms with Gasteiger partial charge in [0.25, 0.3) is 0 Å². The Morgan fingerprint density at radius 2 is 1.72 bits per heavy atom. The molecule has 0 spiro atoms. The van der Waals surface area contributed by atoms with Crippen LogP contribution in [0.4, 0.5) is 0 Å². The molecule has 1 aliphatic heterocycles. The van der Waals surface area contributed by atoms with Crippen molar-refractivity contribution in [3.05, 3.63) is 51.6 Å². The monoisotopic (exact) mass is 539 g/mol. The highest BCUT2D eigenvalue weighted by atomic mass is 16.5. The minimum absolute atomic E-state index is 0.0568. The maximum absolute atomic E-state index is 13.1. The number of carbonyl (C=O) groups is 3. The number of ketones is 3. The molecule has 208 valence electrons. The van der Waals surface area contributed by atoms with E-state index in [0.717, 1.165) is 6.42 Å². The standard InChI is InChI=1S/C21H18O7.C6H13NO2.C2H2/c1-28-14-4-2-3-11-15(14)21(27)17-16(19(11)25)20(26)12-7-9(13(23)8-22)5-6-10(12)18(17)24;1-4-6(8)5(7)2-3-9-4;1-2/h2-4,9,22,24,26H,5-8H2,1H3;4-6,8H,2-3,7H2,1H3;1-2H/t;4?,5?,6-;/m.0./s1. The number of aliphatic hydroxyl groups is 2. The summed E-state index contributed by atoms with van der Waals surface area (Å²) in [5.74, 6) is -2.56. The van der Waals surface area contributed by atoms with Crippen LogP contribution < -0.4 is 10.5 Å². The van der Waals surface area contributed by atoms with Gasteiger partial charge in [-0.15, -0.1) is 12.8 Å². The number of methoxy groups -OCH3 is 1. The van der Waals surface area contributed by atoms with Crippen molar-refractivity contribution < 1.29 is 44.3 Å². The third-order valence-corrected chi connectivity index (χ3v) is 7.39. The third kappa shape index (κ3) is 5.40. The molecule has 3 aliphatic rings. The molecule has 1 heterocycles. The Labute approximate surface area is 226 Å². The number of nitrogens with two attached hydrogens (primary N) is 1. The molecule has 3 unspecified atom stereocenters. The number of benzene rings is 2. The lowest BCUT2D eigenvalue weighted by Gasteiger charge is -2.30. The highest BCUT2D eigenvalue weighted by Gasteiger charge is 2.41. The van der Waals surface area contributed by atoms with E-state index < -0.39 is 30.2 Å². The lowest BCUT2D eigenvalue weighted by molar-refractivity contribution is -0.126. The van der Waals surface area contributed by atoms with Crippen LogP contribution in [0, 0.1) is 18.8 Å². The zero-order valence-electron chi connectivity index (χ0n) is 21.8. The molecule has 4 atom stereocenters. The topological polar surface area (TPSA) is 177 Å². The number of phenolic OH excluding ortho intramolecular Hbond substituents is 2. The fourth-order valence-electron chi connectivity index (χ4n) is 5.22. The van der Waals surface area contributed by atoms with Gasteiger partial charge in [0, 0.05) is 35.3 Å². The predicted octanol–water partition coefficient (Wildman–Crippen LogP) is 1.28. The van der Waals surface area contributed by atoms with Crippen molar-refractivity contribution in [2.45, 2.75) is 50.9 Å². The van der Waals surface area contributed by atoms with Crippen LogP contribution in [-0.4, -0.2) is 76.3 Å². The number of hydrogen-bond acceptors (Lipinski definition) is 10. The zero-order valence-corrected chi connectivity index (χ0v) is 21.8. The quantitative estimate of drug-likeness (QED) is 0.241. The fraction of sp³-hybridized carbons (Fsp3) is 0.414. The van der Waals surface area contributed by atoms with E-state index >= 15 is 0 Å². The second-order valence-electron chi connectivity index (χ2n) is 9.53. The second-order valence-corrected chi connectivity index (χ2v) is 9.53. The van der Waals surface area contributed by atoms with E-state index in [2.05, 4.69) is 12.8 Å². The molecular weight excluding hydrogens is 506 g/mol. The van der Waals surface area contributed by atoms with E-state index in [1.807, 2.05) is 6.92 Å². The molecule has 2 aromatic rings. The summed E-state index contributed by atoms with van der Waals surface area (Å²) in [5.41, 5.74) is 5.84. The first kappa shape index (κ1) is 29.8. The minimum Gasteiger partial charge on any atom is -0.507 e. The molecule has 10 nitrogen and oxygen atoms in total. The summed E-state index contributed by atoms with van der Waals surface area (Å²) < 4.78 is 10.3. The average Bonchev–Trinajstić information content (AvgIpc) is 2.96. The molecule has 0 amide bonds. The Hall–Kier alpha value is -3.75. The smallest absolute Gasteiger partial charge is 0.202 e. The summed E-state index contributed by atoms with van der Waals surface area (Å²) in [5, 5.41) is 39.9. The largest absolute Gasteiger partial charge is 0.507 e. The van der Waals surface area contributed by atoms with Gasteiger partial charge in [0.1, 0.15) is 23.9 Å². The van der Waals surface area contributed by atoms with Crippen molar-refractivity contribution in [2.24, 2.45) is 11.7 Å². The number of aromatic hydroxyl groups is 2. The van der Waals surface area contributed by atoms with Gasteiger partial charge in [-0.05, 0) is 38.7 Å². The third-order valence-electron chi connectivity index (χ3n) is 7.39. The maximum Gasteiger partial charge on any atom is 0.202 e. The highest BCUT2D eigenvalue weighted by Crippen LogP contribution is 2.47. The molecule has 10 heteroatoms. The number of fused-ring (bicyclic) bond motifs is 3. The molecule has 0 radical (unpaired) electrons. The van der Waals surface area contributed by atoms with E-state index in [4.69, 9.17) is 20.3 Å². The van der Waals surface area contributed by atoms with Crippen molar-refractivity contribution in [1.82, 2.24) is 0 Å². The van der Waals surface area contributed by atoms with E-state index in [1.165, 1.54) is 13.2 Å². The first-order valence-corrected chi connectivity index (χ1v) is 12.5. The molecule has 2 aliphatic carbocycles. The Balaban J connectivity index is 0.000000322. The van der Waals surface area contributed by atoms with Gasteiger partial charge >= 0.3 is 0 Å². The van der Waals surface area contributed by atoms with Crippen LogP contribution in [0.1, 0.15) is 62.7 Å². The van der Waals surface area contributed by atoms with Crippen LogP contribution >= 0.6 is 0 Å². The van der Waals surface area contributed by atoms with Gasteiger partial charge in [0.15, 0.2) is 11.6 Å². The Kier molecular flexibility index (Phi) is 9.48. The summed E-state index contributed by atoms with van der Waals surface area (Å²) >= 11 is 0. The van der Waals surface area contributed by atoms with Crippen molar-refractivity contribution in [3.63, 3.8) is 0 Å². The number of Topliss-reactive ketones (excluding diaryl/α,β-unsaturated/α-hetero) is 1. The molecule has 0 saturated carbocycles. The summed E-state index contributed by atoms with van der Waals surface area (Å²) in [6.45, 7) is 1.91. The van der Waals surface area contributed by atoms with Crippen molar-refractivity contribution in [1.29, 1.82) is 0 Å². The number of hydrogen-bond donors (Lipinski definition) is 5. The maximum atomic E-state index is 13.1. The number of rotatable bonds is 3. The lowest BCUT2D eigenvalue weighted by Crippen LogP contribution is -2.47. The zero-order chi connectivity index (χ0) is 29.0. The number of terminal acetylenes is 1. The van der Waals surface area contributed by atoms with E-state index in [-0.39, 0.29) is 75.8 Å². The number of ether oxygens (including phenoxy) is 2. The Morgan fingerprint density at radius 3 is 2.31 bits per heavy atom. The number of carbonyl (C=O) groups excluding carboxylic acids is 3. The van der Waals surface area contributed by atoms with Gasteiger partial charge in [0.05, 0.1) is 36.0 Å². The fourth-order valence-corrected chi connectivity index (χ4v) is 5.22. The predicted molar refractivity (Wildman–Crippen MR) is 141 cm³/mol.